The van der Waals surface area contributed by atoms with E-state index in [1.807, 2.05) is 11.8 Å². The van der Waals surface area contributed by atoms with Gasteiger partial charge in [0.15, 0.2) is 0 Å². The van der Waals surface area contributed by atoms with Gasteiger partial charge in [-0.1, -0.05) is 6.42 Å². The van der Waals surface area contributed by atoms with Crippen LogP contribution in [0.5, 0.6) is 0 Å². The number of urea groups is 1. The molecule has 9 heteroatoms. The van der Waals surface area contributed by atoms with Gasteiger partial charge in [0.2, 0.25) is 4.11 Å². The predicted octanol–water partition coefficient (Wildman–Crippen LogP) is 0.502. The van der Waals surface area contributed by atoms with E-state index in [1.54, 1.807) is 22.6 Å². The van der Waals surface area contributed by atoms with Gasteiger partial charge in [-0.15, -0.1) is 0 Å². The van der Waals surface area contributed by atoms with Crippen LogP contribution in [-0.4, -0.2) is 45.1 Å². The van der Waals surface area contributed by atoms with E-state index in [0.717, 1.165) is 18.6 Å². The molecule has 3 amide bonds. The summed E-state index contributed by atoms with van der Waals surface area (Å²) in [5.41, 5.74) is 5.02. The van der Waals surface area contributed by atoms with E-state index in [1.165, 1.54) is 0 Å². The summed E-state index contributed by atoms with van der Waals surface area (Å²) in [6, 6.07) is 0.342. The zero-order chi connectivity index (χ0) is 15.4. The summed E-state index contributed by atoms with van der Waals surface area (Å²) in [6.07, 6.45) is 2.82. The Morgan fingerprint density at radius 2 is 2.19 bits per heavy atom. The van der Waals surface area contributed by atoms with E-state index in [-0.39, 0.29) is 24.5 Å². The van der Waals surface area contributed by atoms with Crippen LogP contribution in [0.25, 0.3) is 0 Å². The summed E-state index contributed by atoms with van der Waals surface area (Å²) >= 11 is 3.54. The van der Waals surface area contributed by atoms with E-state index < -0.39 is 16.0 Å². The molecule has 0 aliphatic carbocycles. The first-order chi connectivity index (χ1) is 9.97. The molecule has 0 bridgehead atoms. The van der Waals surface area contributed by atoms with E-state index in [9.17, 15) is 14.4 Å². The standard InChI is InChI=1S/C12H18IN3O4S/c13-10(11(14)18)20-8(17)4-2-1-3-7-9-6(5-21-7)15-12(19)16-9/h6-7,9-10H,1-5H2,(H2,14,18)(H2,15,16,19)/t6-,7-,9-,10?/m0/s1. The number of nitrogens with two attached hydrogens (primary N) is 1. The van der Waals surface area contributed by atoms with Crippen molar-refractivity contribution < 1.29 is 19.1 Å². The average Bonchev–Trinajstić information content (AvgIpc) is 2.94. The number of ether oxygens (including phenoxy) is 1. The highest BCUT2D eigenvalue weighted by molar-refractivity contribution is 14.1. The first kappa shape index (κ1) is 16.7. The minimum Gasteiger partial charge on any atom is -0.441 e. The number of hydrogen-bond donors (Lipinski definition) is 3. The van der Waals surface area contributed by atoms with Crippen molar-refractivity contribution in [1.82, 2.24) is 10.6 Å². The Labute approximate surface area is 140 Å². The molecule has 0 aromatic rings. The monoisotopic (exact) mass is 427 g/mol. The Morgan fingerprint density at radius 1 is 1.43 bits per heavy atom. The molecule has 0 aromatic carbocycles. The largest absolute Gasteiger partial charge is 0.441 e. The summed E-state index contributed by atoms with van der Waals surface area (Å²) < 4.78 is 3.97. The molecule has 4 N–H and O–H groups in total. The number of thioether (sulfide) groups is 1. The number of esters is 1. The van der Waals surface area contributed by atoms with Gasteiger partial charge in [-0.05, 0) is 35.4 Å². The third-order valence-electron chi connectivity index (χ3n) is 3.52. The number of halogens is 1. The summed E-state index contributed by atoms with van der Waals surface area (Å²) in [4.78, 5) is 33.5. The zero-order valence-corrected chi connectivity index (χ0v) is 14.3. The maximum atomic E-state index is 11.5. The van der Waals surface area contributed by atoms with Crippen molar-refractivity contribution in [3.63, 3.8) is 0 Å². The molecule has 2 aliphatic rings. The molecule has 2 aliphatic heterocycles. The molecule has 0 aromatic heterocycles. The molecule has 4 atom stereocenters. The highest BCUT2D eigenvalue weighted by Crippen LogP contribution is 2.33. The minimum absolute atomic E-state index is 0.0848. The quantitative estimate of drug-likeness (QED) is 0.180. The lowest BCUT2D eigenvalue weighted by molar-refractivity contribution is -0.149. The normalized spacial score (nSPS) is 28.4. The van der Waals surface area contributed by atoms with E-state index in [0.29, 0.717) is 11.7 Å². The SMILES string of the molecule is NC(=O)C(I)OC(=O)CCCC[C@@H]1SC[C@@H]2NC(=O)N[C@@H]21. The lowest BCUT2D eigenvalue weighted by Crippen LogP contribution is -2.36. The molecule has 118 valence electrons. The second kappa shape index (κ2) is 7.52. The number of primary amides is 1. The van der Waals surface area contributed by atoms with E-state index >= 15 is 0 Å². The first-order valence-corrected chi connectivity index (χ1v) is 9.08. The molecule has 0 spiro atoms. The molecule has 7 nitrogen and oxygen atoms in total. The fourth-order valence-electron chi connectivity index (χ4n) is 2.49. The van der Waals surface area contributed by atoms with Gasteiger partial charge in [0.25, 0.3) is 5.91 Å². The molecule has 2 saturated heterocycles. The summed E-state index contributed by atoms with van der Waals surface area (Å²) in [7, 11) is 0. The molecular formula is C12H18IN3O4S. The zero-order valence-electron chi connectivity index (χ0n) is 11.3. The Kier molecular flexibility index (Phi) is 5.97. The molecule has 21 heavy (non-hydrogen) atoms. The predicted molar refractivity (Wildman–Crippen MR) is 87.1 cm³/mol. The van der Waals surface area contributed by atoms with Crippen molar-refractivity contribution in [2.45, 2.75) is 47.1 Å². The fourth-order valence-corrected chi connectivity index (χ4v) is 4.32. The second-order valence-corrected chi connectivity index (χ2v) is 7.48. The first-order valence-electron chi connectivity index (χ1n) is 6.79. The smallest absolute Gasteiger partial charge is 0.315 e. The summed E-state index contributed by atoms with van der Waals surface area (Å²) in [6.45, 7) is 0. The maximum Gasteiger partial charge on any atom is 0.315 e. The van der Waals surface area contributed by atoms with Gasteiger partial charge in [0.05, 0.1) is 12.1 Å². The maximum absolute atomic E-state index is 11.5. The van der Waals surface area contributed by atoms with Crippen LogP contribution in [0.15, 0.2) is 0 Å². The van der Waals surface area contributed by atoms with Crippen molar-refractivity contribution in [2.75, 3.05) is 5.75 Å². The van der Waals surface area contributed by atoms with Crippen LogP contribution in [0, 0.1) is 0 Å². The van der Waals surface area contributed by atoms with Crippen molar-refractivity contribution in [1.29, 1.82) is 0 Å². The Morgan fingerprint density at radius 3 is 2.90 bits per heavy atom. The fraction of sp³-hybridized carbons (Fsp3) is 0.750. The lowest BCUT2D eigenvalue weighted by Gasteiger charge is -2.16. The second-order valence-electron chi connectivity index (χ2n) is 5.08. The van der Waals surface area contributed by atoms with Crippen molar-refractivity contribution in [3.05, 3.63) is 0 Å². The number of carbonyl (C=O) groups is 3. The number of fused-ring (bicyclic) bond motifs is 1. The van der Waals surface area contributed by atoms with Gasteiger partial charge in [-0.2, -0.15) is 11.8 Å². The van der Waals surface area contributed by atoms with Gasteiger partial charge in [-0.3, -0.25) is 9.59 Å². The summed E-state index contributed by atoms with van der Waals surface area (Å²) in [5, 5.41) is 6.23. The van der Waals surface area contributed by atoms with Crippen LogP contribution in [0.4, 0.5) is 4.79 Å². The number of rotatable bonds is 7. The van der Waals surface area contributed by atoms with Crippen LogP contribution in [0.2, 0.25) is 0 Å². The highest BCUT2D eigenvalue weighted by Gasteiger charge is 2.42. The molecule has 2 heterocycles. The van der Waals surface area contributed by atoms with Crippen LogP contribution in [0.3, 0.4) is 0 Å². The number of alkyl halides is 1. The van der Waals surface area contributed by atoms with Gasteiger partial charge >= 0.3 is 12.0 Å². The minimum atomic E-state index is -0.902. The topological polar surface area (TPSA) is 111 Å². The van der Waals surface area contributed by atoms with Gasteiger partial charge < -0.3 is 21.1 Å². The number of nitrogens with one attached hydrogen (secondary N) is 2. The number of unbranched alkanes of at least 4 members (excludes halogenated alkanes) is 1. The van der Waals surface area contributed by atoms with Gasteiger partial charge in [-0.25, -0.2) is 4.79 Å². The van der Waals surface area contributed by atoms with Gasteiger partial charge in [0.1, 0.15) is 0 Å². The number of carbonyl (C=O) groups excluding carboxylic acids is 3. The van der Waals surface area contributed by atoms with Crippen LogP contribution < -0.4 is 16.4 Å². The molecule has 1 unspecified atom stereocenters. The van der Waals surface area contributed by atoms with Crippen molar-refractivity contribution in [3.8, 4) is 0 Å². The van der Waals surface area contributed by atoms with Crippen molar-refractivity contribution >= 4 is 52.3 Å². The molecule has 2 fully saturated rings. The number of amides is 3. The van der Waals surface area contributed by atoms with Gasteiger partial charge in [0, 0.05) is 17.4 Å². The van der Waals surface area contributed by atoms with E-state index in [4.69, 9.17) is 10.5 Å². The van der Waals surface area contributed by atoms with Crippen molar-refractivity contribution in [2.24, 2.45) is 5.73 Å². The Hall–Kier alpha value is -0.710. The summed E-state index contributed by atoms with van der Waals surface area (Å²) in [5.74, 6) is -0.117. The number of hydrogen-bond acceptors (Lipinski definition) is 5. The van der Waals surface area contributed by atoms with E-state index in [2.05, 4.69) is 10.6 Å². The molecular weight excluding hydrogens is 409 g/mol. The van der Waals surface area contributed by atoms with Crippen LogP contribution in [0.1, 0.15) is 25.7 Å². The Balaban J connectivity index is 1.61. The average molecular weight is 427 g/mol. The van der Waals surface area contributed by atoms with Crippen LogP contribution >= 0.6 is 34.4 Å². The molecule has 0 radical (unpaired) electrons. The third kappa shape index (κ3) is 4.63. The molecule has 2 rings (SSSR count). The van der Waals surface area contributed by atoms with Crippen LogP contribution in [-0.2, 0) is 14.3 Å². The third-order valence-corrected chi connectivity index (χ3v) is 5.89. The Bertz CT molecular complexity index is 437. The lowest BCUT2D eigenvalue weighted by atomic mass is 10.0. The highest BCUT2D eigenvalue weighted by atomic mass is 127. The molecule has 0 saturated carbocycles.